The van der Waals surface area contributed by atoms with Crippen LogP contribution in [0.4, 0.5) is 20.7 Å². The molecule has 3 fully saturated rings. The van der Waals surface area contributed by atoms with Crippen LogP contribution in [0.15, 0.2) is 18.2 Å². The van der Waals surface area contributed by atoms with Crippen LogP contribution in [-0.2, 0) is 14.8 Å². The molecule has 42 heavy (non-hydrogen) atoms. The fraction of sp³-hybridized carbons (Fsp3) is 0.615. The zero-order chi connectivity index (χ0) is 29.3. The topological polar surface area (TPSA) is 122 Å². The van der Waals surface area contributed by atoms with E-state index in [1.165, 1.54) is 16.0 Å². The number of halogens is 2. The van der Waals surface area contributed by atoms with Crippen molar-refractivity contribution in [3.8, 4) is 11.7 Å². The minimum absolute atomic E-state index is 0.00760. The number of anilines is 2. The second kappa shape index (κ2) is 12.2. The number of hydrogen-bond donors (Lipinski definition) is 0. The molecule has 3 aliphatic heterocycles. The van der Waals surface area contributed by atoms with Gasteiger partial charge in [-0.05, 0) is 38.1 Å². The van der Waals surface area contributed by atoms with E-state index in [4.69, 9.17) is 14.5 Å². The molecule has 6 rings (SSSR count). The summed E-state index contributed by atoms with van der Waals surface area (Å²) in [7, 11) is -1.95. The molecule has 0 spiro atoms. The smallest absolute Gasteiger partial charge is 0.296 e. The molecule has 2 aromatic heterocycles. The van der Waals surface area contributed by atoms with Crippen molar-refractivity contribution in [3.63, 3.8) is 0 Å². The molecule has 16 heteroatoms. The molecule has 0 atom stereocenters. The van der Waals surface area contributed by atoms with Crippen LogP contribution >= 0.6 is 0 Å². The monoisotopic (exact) mass is 607 g/mol. The summed E-state index contributed by atoms with van der Waals surface area (Å²) >= 11 is 0. The van der Waals surface area contributed by atoms with Crippen molar-refractivity contribution in [2.75, 3.05) is 94.8 Å². The van der Waals surface area contributed by atoms with Gasteiger partial charge in [0.2, 0.25) is 27.9 Å². The third kappa shape index (κ3) is 5.85. The van der Waals surface area contributed by atoms with E-state index in [1.807, 2.05) is 9.80 Å². The molecule has 0 aliphatic carbocycles. The number of likely N-dealkylation sites (tertiary alicyclic amines) is 1. The van der Waals surface area contributed by atoms with Crippen LogP contribution in [-0.4, -0.2) is 127 Å². The zero-order valence-corrected chi connectivity index (χ0v) is 24.3. The van der Waals surface area contributed by atoms with Crippen molar-refractivity contribution < 1.29 is 26.7 Å². The standard InChI is InChI=1S/C26H35F2N9O4S/c1-40-20-6-4-5-19-21(20)29-23(22(27)28)37(19)26-31-24(30-25(32-26)35-13-16-41-17-14-35)34-9-11-36(12-10-34)42(38,39)18-15-33-7-2-3-8-33/h4-6,22H,2-3,7-18H2,1H3. The van der Waals surface area contributed by atoms with Gasteiger partial charge in [0.1, 0.15) is 11.3 Å². The summed E-state index contributed by atoms with van der Waals surface area (Å²) in [5, 5.41) is 0. The number of imidazole rings is 1. The molecule has 3 saturated heterocycles. The molecule has 3 aromatic rings. The molecule has 13 nitrogen and oxygen atoms in total. The summed E-state index contributed by atoms with van der Waals surface area (Å²) in [5.74, 6) is 0.585. The molecule has 0 radical (unpaired) electrons. The summed E-state index contributed by atoms with van der Waals surface area (Å²) < 4.78 is 68.4. The highest BCUT2D eigenvalue weighted by atomic mass is 32.2. The van der Waals surface area contributed by atoms with Gasteiger partial charge in [0.15, 0.2) is 5.82 Å². The van der Waals surface area contributed by atoms with Gasteiger partial charge in [-0.2, -0.15) is 19.3 Å². The number of piperazine rings is 1. The Balaban J connectivity index is 1.31. The zero-order valence-electron chi connectivity index (χ0n) is 23.5. The van der Waals surface area contributed by atoms with Crippen molar-refractivity contribution >= 4 is 33.0 Å². The fourth-order valence-electron chi connectivity index (χ4n) is 5.65. The van der Waals surface area contributed by atoms with Crippen molar-refractivity contribution in [1.29, 1.82) is 0 Å². The van der Waals surface area contributed by atoms with Crippen LogP contribution in [0.2, 0.25) is 0 Å². The predicted octanol–water partition coefficient (Wildman–Crippen LogP) is 1.54. The number of ether oxygens (including phenoxy) is 2. The minimum Gasteiger partial charge on any atom is -0.494 e. The molecule has 0 amide bonds. The number of nitrogens with zero attached hydrogens (tertiary/aromatic N) is 9. The highest BCUT2D eigenvalue weighted by Crippen LogP contribution is 2.32. The maximum atomic E-state index is 14.3. The van der Waals surface area contributed by atoms with Gasteiger partial charge in [-0.25, -0.2) is 22.2 Å². The summed E-state index contributed by atoms with van der Waals surface area (Å²) in [4.78, 5) is 24.2. The van der Waals surface area contributed by atoms with Crippen molar-refractivity contribution in [2.24, 2.45) is 0 Å². The van der Waals surface area contributed by atoms with E-state index in [9.17, 15) is 17.2 Å². The van der Waals surface area contributed by atoms with E-state index in [2.05, 4.69) is 19.9 Å². The number of sulfonamides is 1. The van der Waals surface area contributed by atoms with Crippen molar-refractivity contribution in [2.45, 2.75) is 19.3 Å². The lowest BCUT2D eigenvalue weighted by Gasteiger charge is -2.35. The number of morpholine rings is 1. The molecular weight excluding hydrogens is 572 g/mol. The number of aromatic nitrogens is 5. The highest BCUT2D eigenvalue weighted by molar-refractivity contribution is 7.89. The lowest BCUT2D eigenvalue weighted by Crippen LogP contribution is -2.50. The molecule has 1 aromatic carbocycles. The van der Waals surface area contributed by atoms with Gasteiger partial charge < -0.3 is 24.2 Å². The molecule has 0 N–H and O–H groups in total. The third-order valence-corrected chi connectivity index (χ3v) is 9.81. The number of benzene rings is 1. The Morgan fingerprint density at radius 3 is 2.17 bits per heavy atom. The first kappa shape index (κ1) is 28.9. The number of fused-ring (bicyclic) bond motifs is 1. The largest absolute Gasteiger partial charge is 0.494 e. The predicted molar refractivity (Wildman–Crippen MR) is 152 cm³/mol. The van der Waals surface area contributed by atoms with Crippen molar-refractivity contribution in [1.82, 2.24) is 33.7 Å². The molecule has 228 valence electrons. The first-order valence-electron chi connectivity index (χ1n) is 14.2. The number of para-hydroxylation sites is 1. The van der Waals surface area contributed by atoms with Crippen LogP contribution in [0, 0.1) is 0 Å². The highest BCUT2D eigenvalue weighted by Gasteiger charge is 2.31. The van der Waals surface area contributed by atoms with Gasteiger partial charge in [-0.15, -0.1) is 0 Å². The molecule has 0 bridgehead atoms. The molecule has 3 aliphatic rings. The summed E-state index contributed by atoms with van der Waals surface area (Å²) in [6, 6.07) is 5.02. The normalized spacial score (nSPS) is 19.3. The van der Waals surface area contributed by atoms with Gasteiger partial charge in [-0.3, -0.25) is 4.57 Å². The minimum atomic E-state index is -3.41. The van der Waals surface area contributed by atoms with Crippen LogP contribution in [0.1, 0.15) is 25.1 Å². The number of rotatable bonds is 9. The number of methoxy groups -OCH3 is 1. The Hall–Kier alpha value is -3.21. The van der Waals surface area contributed by atoms with Gasteiger partial charge in [-0.1, -0.05) is 6.07 Å². The van der Waals surface area contributed by atoms with E-state index >= 15 is 0 Å². The second-order valence-corrected chi connectivity index (χ2v) is 12.6. The SMILES string of the molecule is COc1cccc2c1nc(C(F)F)n2-c1nc(N2CCOCC2)nc(N2CCN(S(=O)(=O)CCN3CCCC3)CC2)n1. The summed E-state index contributed by atoms with van der Waals surface area (Å²) in [6.45, 7) is 5.75. The Bertz CT molecular complexity index is 1500. The maximum Gasteiger partial charge on any atom is 0.296 e. The van der Waals surface area contributed by atoms with E-state index in [0.717, 1.165) is 25.9 Å². The Labute approximate surface area is 243 Å². The Kier molecular flexibility index (Phi) is 8.38. The Morgan fingerprint density at radius 2 is 1.52 bits per heavy atom. The first-order chi connectivity index (χ1) is 20.3. The Morgan fingerprint density at radius 1 is 0.881 bits per heavy atom. The summed E-state index contributed by atoms with van der Waals surface area (Å²) in [5.41, 5.74) is 0.654. The van der Waals surface area contributed by atoms with Crippen LogP contribution < -0.4 is 14.5 Å². The van der Waals surface area contributed by atoms with Crippen LogP contribution in [0.25, 0.3) is 17.0 Å². The lowest BCUT2D eigenvalue weighted by atomic mass is 10.3. The van der Waals surface area contributed by atoms with Gasteiger partial charge >= 0.3 is 0 Å². The maximum absolute atomic E-state index is 14.3. The van der Waals surface area contributed by atoms with Gasteiger partial charge in [0.05, 0.1) is 31.6 Å². The lowest BCUT2D eigenvalue weighted by molar-refractivity contribution is 0.122. The van der Waals surface area contributed by atoms with Gasteiger partial charge in [0.25, 0.3) is 6.43 Å². The fourth-order valence-corrected chi connectivity index (χ4v) is 7.12. The van der Waals surface area contributed by atoms with Crippen molar-refractivity contribution in [3.05, 3.63) is 24.0 Å². The average Bonchev–Trinajstić information content (AvgIpc) is 3.69. The quantitative estimate of drug-likeness (QED) is 0.352. The van der Waals surface area contributed by atoms with E-state index in [-0.39, 0.29) is 30.3 Å². The van der Waals surface area contributed by atoms with Gasteiger partial charge in [0, 0.05) is 45.8 Å². The third-order valence-electron chi connectivity index (χ3n) is 7.96. The van der Waals surface area contributed by atoms with Crippen LogP contribution in [0.3, 0.4) is 0 Å². The second-order valence-electron chi connectivity index (χ2n) is 10.5. The van der Waals surface area contributed by atoms with E-state index in [0.29, 0.717) is 69.1 Å². The molecule has 5 heterocycles. The molecule has 0 unspecified atom stereocenters. The van der Waals surface area contributed by atoms with E-state index in [1.54, 1.807) is 18.2 Å². The molecular formula is C26H35F2N9O4S. The first-order valence-corrected chi connectivity index (χ1v) is 15.8. The van der Waals surface area contributed by atoms with E-state index < -0.39 is 22.3 Å². The molecule has 0 saturated carbocycles. The number of alkyl halides is 2. The number of hydrogen-bond acceptors (Lipinski definition) is 11. The average molecular weight is 608 g/mol. The summed E-state index contributed by atoms with van der Waals surface area (Å²) in [6.07, 6.45) is -0.677. The van der Waals surface area contributed by atoms with Crippen LogP contribution in [0.5, 0.6) is 5.75 Å².